The van der Waals surface area contributed by atoms with Crippen LogP contribution in [-0.2, 0) is 11.2 Å². The minimum absolute atomic E-state index is 0.167. The van der Waals surface area contributed by atoms with Crippen molar-refractivity contribution < 1.29 is 19.0 Å². The van der Waals surface area contributed by atoms with E-state index in [4.69, 9.17) is 14.2 Å². The van der Waals surface area contributed by atoms with E-state index in [9.17, 15) is 4.79 Å². The fourth-order valence-corrected chi connectivity index (χ4v) is 5.57. The Morgan fingerprint density at radius 2 is 1.97 bits per heavy atom. The van der Waals surface area contributed by atoms with Crippen LogP contribution < -0.4 is 14.4 Å². The molecule has 174 valence electrons. The zero-order valence-electron chi connectivity index (χ0n) is 19.8. The number of nitrogens with one attached hydrogen (secondary N) is 1. The standard InChI is InChI=1S/C27H27N3O4/c1-5-32-27(31)23-15(2)26(29(3)4)30-20(23)13-18-17-8-6-7-9-19(17)28-24(18)25(30)16-10-11-21-22(12-16)34-14-33-21/h6-12,25,28H,5,13-14H2,1-4H3. The van der Waals surface area contributed by atoms with E-state index in [1.165, 1.54) is 10.9 Å². The monoisotopic (exact) mass is 457 g/mol. The van der Waals surface area contributed by atoms with Crippen molar-refractivity contribution in [3.05, 3.63) is 76.1 Å². The third-order valence-corrected chi connectivity index (χ3v) is 6.86. The number of nitrogens with zero attached hydrogens (tertiary/aromatic N) is 2. The van der Waals surface area contributed by atoms with Crippen LogP contribution in [0.4, 0.5) is 5.82 Å². The predicted octanol–water partition coefficient (Wildman–Crippen LogP) is 4.79. The number of rotatable bonds is 4. The van der Waals surface area contributed by atoms with Gasteiger partial charge in [0.2, 0.25) is 6.79 Å². The lowest BCUT2D eigenvalue weighted by atomic mass is 9.91. The van der Waals surface area contributed by atoms with Crippen LogP contribution in [0.25, 0.3) is 10.9 Å². The van der Waals surface area contributed by atoms with E-state index in [0.29, 0.717) is 18.6 Å². The van der Waals surface area contributed by atoms with Crippen molar-refractivity contribution in [2.45, 2.75) is 26.3 Å². The number of esters is 1. The van der Waals surface area contributed by atoms with Gasteiger partial charge >= 0.3 is 5.97 Å². The molecule has 0 fully saturated rings. The maximum atomic E-state index is 13.2. The molecular formula is C27H27N3O4. The second-order valence-corrected chi connectivity index (χ2v) is 9.01. The number of hydrogen-bond donors (Lipinski definition) is 1. The number of carbonyl (C=O) groups excluding carboxylic acids is 1. The first-order chi connectivity index (χ1) is 16.5. The number of aromatic amines is 1. The number of H-pyrrole nitrogens is 1. The Bertz CT molecular complexity index is 1450. The number of para-hydroxylation sites is 1. The highest BCUT2D eigenvalue weighted by molar-refractivity contribution is 5.96. The van der Waals surface area contributed by atoms with Gasteiger partial charge in [-0.25, -0.2) is 4.79 Å². The number of anilines is 1. The van der Waals surface area contributed by atoms with E-state index >= 15 is 0 Å². The molecule has 0 spiro atoms. The summed E-state index contributed by atoms with van der Waals surface area (Å²) < 4.78 is 19.1. The highest BCUT2D eigenvalue weighted by Gasteiger charge is 2.38. The summed E-state index contributed by atoms with van der Waals surface area (Å²) in [7, 11) is 4.03. The molecule has 2 aromatic heterocycles. The third-order valence-electron chi connectivity index (χ3n) is 6.86. The molecule has 1 N–H and O–H groups in total. The third kappa shape index (κ3) is 2.86. The molecule has 6 rings (SSSR count). The summed E-state index contributed by atoms with van der Waals surface area (Å²) in [4.78, 5) is 19.0. The van der Waals surface area contributed by atoms with Gasteiger partial charge in [-0.05, 0) is 43.2 Å². The van der Waals surface area contributed by atoms with Gasteiger partial charge in [0, 0.05) is 48.4 Å². The minimum Gasteiger partial charge on any atom is -0.462 e. The van der Waals surface area contributed by atoms with Gasteiger partial charge in [-0.15, -0.1) is 0 Å². The average Bonchev–Trinajstić information content (AvgIpc) is 3.50. The number of benzene rings is 2. The molecule has 4 aromatic rings. The highest BCUT2D eigenvalue weighted by atomic mass is 16.7. The van der Waals surface area contributed by atoms with E-state index in [0.717, 1.165) is 45.3 Å². The van der Waals surface area contributed by atoms with Crippen LogP contribution in [0, 0.1) is 6.92 Å². The zero-order valence-corrected chi connectivity index (χ0v) is 19.8. The molecule has 7 heteroatoms. The lowest BCUT2D eigenvalue weighted by Crippen LogP contribution is -2.26. The van der Waals surface area contributed by atoms with Gasteiger partial charge in [0.05, 0.1) is 12.2 Å². The van der Waals surface area contributed by atoms with Crippen molar-refractivity contribution in [3.63, 3.8) is 0 Å². The van der Waals surface area contributed by atoms with Gasteiger partial charge < -0.3 is 28.7 Å². The summed E-state index contributed by atoms with van der Waals surface area (Å²) in [5, 5.41) is 1.18. The van der Waals surface area contributed by atoms with Crippen LogP contribution in [0.1, 0.15) is 51.4 Å². The van der Waals surface area contributed by atoms with Crippen molar-refractivity contribution in [2.75, 3.05) is 32.4 Å². The number of fused-ring (bicyclic) bond motifs is 5. The molecule has 7 nitrogen and oxygen atoms in total. The molecule has 0 bridgehead atoms. The molecular weight excluding hydrogens is 430 g/mol. The summed E-state index contributed by atoms with van der Waals surface area (Å²) >= 11 is 0. The Kier molecular flexibility index (Phi) is 4.62. The largest absolute Gasteiger partial charge is 0.462 e. The smallest absolute Gasteiger partial charge is 0.340 e. The first-order valence-electron chi connectivity index (χ1n) is 11.6. The van der Waals surface area contributed by atoms with Crippen molar-refractivity contribution in [3.8, 4) is 11.5 Å². The van der Waals surface area contributed by atoms with Gasteiger partial charge in [0.15, 0.2) is 11.5 Å². The van der Waals surface area contributed by atoms with Gasteiger partial charge in [0.1, 0.15) is 11.9 Å². The molecule has 0 amide bonds. The zero-order chi connectivity index (χ0) is 23.6. The SMILES string of the molecule is CCOC(=O)c1c(C)c(N(C)C)n2c1Cc1c([nH]c3ccccc13)C2c1ccc2c(c1)OCO2. The van der Waals surface area contributed by atoms with E-state index in [1.54, 1.807) is 0 Å². The lowest BCUT2D eigenvalue weighted by molar-refractivity contribution is 0.0524. The summed E-state index contributed by atoms with van der Waals surface area (Å²) in [5.41, 5.74) is 7.04. The maximum absolute atomic E-state index is 13.2. The molecule has 0 saturated carbocycles. The lowest BCUT2D eigenvalue weighted by Gasteiger charge is -2.31. The fraction of sp³-hybridized carbons (Fsp3) is 0.296. The normalized spacial score (nSPS) is 15.8. The number of aromatic nitrogens is 2. The van der Waals surface area contributed by atoms with Crippen molar-refractivity contribution in [2.24, 2.45) is 0 Å². The minimum atomic E-state index is -0.274. The first-order valence-corrected chi connectivity index (χ1v) is 11.6. The van der Waals surface area contributed by atoms with Crippen LogP contribution in [0.3, 0.4) is 0 Å². The van der Waals surface area contributed by atoms with E-state index in [-0.39, 0.29) is 18.8 Å². The van der Waals surface area contributed by atoms with Gasteiger partial charge in [0.25, 0.3) is 0 Å². The molecule has 0 radical (unpaired) electrons. The molecule has 2 aliphatic heterocycles. The Balaban J connectivity index is 1.67. The Labute approximate surface area is 197 Å². The quantitative estimate of drug-likeness (QED) is 0.393. The summed E-state index contributed by atoms with van der Waals surface area (Å²) in [6, 6.07) is 14.3. The van der Waals surface area contributed by atoms with Crippen LogP contribution >= 0.6 is 0 Å². The number of ether oxygens (including phenoxy) is 3. The predicted molar refractivity (Wildman–Crippen MR) is 130 cm³/mol. The molecule has 4 heterocycles. The molecule has 1 atom stereocenters. The second kappa shape index (κ2) is 7.58. The molecule has 34 heavy (non-hydrogen) atoms. The van der Waals surface area contributed by atoms with Crippen LogP contribution in [0.5, 0.6) is 11.5 Å². The Morgan fingerprint density at radius 3 is 2.76 bits per heavy atom. The second-order valence-electron chi connectivity index (χ2n) is 9.01. The molecule has 0 aliphatic carbocycles. The van der Waals surface area contributed by atoms with Crippen LogP contribution in [-0.4, -0.2) is 43.0 Å². The van der Waals surface area contributed by atoms with E-state index in [1.807, 2.05) is 40.1 Å². The van der Waals surface area contributed by atoms with Crippen molar-refractivity contribution in [1.82, 2.24) is 9.55 Å². The summed E-state index contributed by atoms with van der Waals surface area (Å²) in [6.07, 6.45) is 0.642. The topological polar surface area (TPSA) is 68.7 Å². The summed E-state index contributed by atoms with van der Waals surface area (Å²) in [5.74, 6) is 2.21. The number of hydrogen-bond acceptors (Lipinski definition) is 5. The molecule has 0 saturated heterocycles. The van der Waals surface area contributed by atoms with Crippen LogP contribution in [0.15, 0.2) is 42.5 Å². The van der Waals surface area contributed by atoms with E-state index in [2.05, 4.69) is 44.8 Å². The molecule has 2 aliphatic rings. The van der Waals surface area contributed by atoms with Gasteiger partial charge in [-0.3, -0.25) is 0 Å². The van der Waals surface area contributed by atoms with Gasteiger partial charge in [-0.2, -0.15) is 0 Å². The fourth-order valence-electron chi connectivity index (χ4n) is 5.57. The Morgan fingerprint density at radius 1 is 1.18 bits per heavy atom. The first kappa shape index (κ1) is 20.7. The van der Waals surface area contributed by atoms with Crippen molar-refractivity contribution >= 4 is 22.7 Å². The molecule has 2 aromatic carbocycles. The summed E-state index contributed by atoms with van der Waals surface area (Å²) in [6.45, 7) is 4.42. The van der Waals surface area contributed by atoms with Crippen molar-refractivity contribution in [1.29, 1.82) is 0 Å². The van der Waals surface area contributed by atoms with Crippen LogP contribution in [0.2, 0.25) is 0 Å². The maximum Gasteiger partial charge on any atom is 0.340 e. The molecule has 1 unspecified atom stereocenters. The Hall–Kier alpha value is -3.87. The van der Waals surface area contributed by atoms with E-state index < -0.39 is 0 Å². The average molecular weight is 458 g/mol. The van der Waals surface area contributed by atoms with Gasteiger partial charge in [-0.1, -0.05) is 24.3 Å². The number of carbonyl (C=O) groups is 1. The highest BCUT2D eigenvalue weighted by Crippen LogP contribution is 2.47.